The summed E-state index contributed by atoms with van der Waals surface area (Å²) in [5, 5.41) is 2.78. The van der Waals surface area contributed by atoms with E-state index in [4.69, 9.17) is 0 Å². The van der Waals surface area contributed by atoms with Crippen molar-refractivity contribution >= 4 is 11.8 Å². The number of benzene rings is 3. The molecule has 2 amide bonds. The van der Waals surface area contributed by atoms with Crippen molar-refractivity contribution in [1.82, 2.24) is 10.2 Å². The van der Waals surface area contributed by atoms with Gasteiger partial charge in [-0.2, -0.15) is 0 Å². The van der Waals surface area contributed by atoms with Crippen LogP contribution in [0.2, 0.25) is 0 Å². The van der Waals surface area contributed by atoms with Crippen molar-refractivity contribution in [1.29, 1.82) is 0 Å². The number of rotatable bonds is 6. The van der Waals surface area contributed by atoms with Gasteiger partial charge < -0.3 is 10.2 Å². The second-order valence-corrected chi connectivity index (χ2v) is 6.53. The molecule has 0 atom stereocenters. The first-order chi connectivity index (χ1) is 13.5. The van der Waals surface area contributed by atoms with Crippen LogP contribution < -0.4 is 5.32 Å². The van der Waals surface area contributed by atoms with Gasteiger partial charge in [-0.1, -0.05) is 42.5 Å². The molecule has 0 unspecified atom stereocenters. The largest absolute Gasteiger partial charge is 0.348 e. The Kier molecular flexibility index (Phi) is 6.17. The van der Waals surface area contributed by atoms with Crippen LogP contribution in [0.5, 0.6) is 0 Å². The maximum Gasteiger partial charge on any atom is 0.253 e. The zero-order valence-electron chi connectivity index (χ0n) is 15.6. The van der Waals surface area contributed by atoms with Crippen LogP contribution in [0.25, 0.3) is 0 Å². The zero-order chi connectivity index (χ0) is 19.9. The quantitative estimate of drug-likeness (QED) is 0.706. The molecule has 0 bridgehead atoms. The minimum Gasteiger partial charge on any atom is -0.348 e. The molecule has 0 spiro atoms. The minimum absolute atomic E-state index is 0.109. The number of halogens is 1. The smallest absolute Gasteiger partial charge is 0.253 e. The molecule has 0 heterocycles. The van der Waals surface area contributed by atoms with Crippen LogP contribution in [0.1, 0.15) is 31.8 Å². The number of hydrogen-bond acceptors (Lipinski definition) is 2. The van der Waals surface area contributed by atoms with Crippen LogP contribution in [0.15, 0.2) is 78.9 Å². The lowest BCUT2D eigenvalue weighted by atomic mass is 10.1. The predicted molar refractivity (Wildman–Crippen MR) is 106 cm³/mol. The molecular weight excluding hydrogens is 355 g/mol. The summed E-state index contributed by atoms with van der Waals surface area (Å²) in [5.74, 6) is -0.671. The third-order valence-corrected chi connectivity index (χ3v) is 4.37. The third kappa shape index (κ3) is 5.04. The average Bonchev–Trinajstić information content (AvgIpc) is 2.73. The first-order valence-electron chi connectivity index (χ1n) is 8.95. The molecule has 0 aromatic heterocycles. The van der Waals surface area contributed by atoms with E-state index in [1.807, 2.05) is 30.3 Å². The van der Waals surface area contributed by atoms with E-state index < -0.39 is 0 Å². The molecule has 0 aliphatic rings. The van der Waals surface area contributed by atoms with E-state index in [-0.39, 0.29) is 17.6 Å². The SMILES string of the molecule is CN(Cc1ccccc1)C(=O)c1ccc(C(=O)NCc2ccc(F)cc2)cc1. The highest BCUT2D eigenvalue weighted by Crippen LogP contribution is 2.11. The Morgan fingerprint density at radius 3 is 2.07 bits per heavy atom. The molecule has 0 saturated heterocycles. The first kappa shape index (κ1) is 19.3. The van der Waals surface area contributed by atoms with Crippen molar-refractivity contribution < 1.29 is 14.0 Å². The van der Waals surface area contributed by atoms with Crippen LogP contribution in [0.4, 0.5) is 4.39 Å². The molecule has 0 aliphatic heterocycles. The number of carbonyl (C=O) groups excluding carboxylic acids is 2. The summed E-state index contributed by atoms with van der Waals surface area (Å²) in [4.78, 5) is 26.5. The monoisotopic (exact) mass is 376 g/mol. The van der Waals surface area contributed by atoms with Gasteiger partial charge >= 0.3 is 0 Å². The van der Waals surface area contributed by atoms with Gasteiger partial charge in [0, 0.05) is 31.3 Å². The Morgan fingerprint density at radius 1 is 0.821 bits per heavy atom. The molecule has 3 aromatic carbocycles. The molecular formula is C23H21FN2O2. The van der Waals surface area contributed by atoms with E-state index in [9.17, 15) is 14.0 Å². The molecule has 0 saturated carbocycles. The zero-order valence-corrected chi connectivity index (χ0v) is 15.6. The van der Waals surface area contributed by atoms with E-state index in [2.05, 4.69) is 5.32 Å². The van der Waals surface area contributed by atoms with Gasteiger partial charge in [-0.3, -0.25) is 9.59 Å². The fraction of sp³-hybridized carbons (Fsp3) is 0.130. The van der Waals surface area contributed by atoms with Gasteiger partial charge in [-0.25, -0.2) is 4.39 Å². The number of carbonyl (C=O) groups is 2. The lowest BCUT2D eigenvalue weighted by molar-refractivity contribution is 0.0784. The minimum atomic E-state index is -0.312. The number of hydrogen-bond donors (Lipinski definition) is 1. The van der Waals surface area contributed by atoms with Crippen molar-refractivity contribution in [2.75, 3.05) is 7.05 Å². The second kappa shape index (κ2) is 8.95. The lowest BCUT2D eigenvalue weighted by Crippen LogP contribution is -2.26. The Bertz CT molecular complexity index is 939. The molecule has 0 radical (unpaired) electrons. The highest BCUT2D eigenvalue weighted by atomic mass is 19.1. The van der Waals surface area contributed by atoms with Crippen LogP contribution >= 0.6 is 0 Å². The average molecular weight is 376 g/mol. The third-order valence-electron chi connectivity index (χ3n) is 4.37. The van der Waals surface area contributed by atoms with Gasteiger partial charge in [0.25, 0.3) is 11.8 Å². The summed E-state index contributed by atoms with van der Waals surface area (Å²) in [7, 11) is 1.75. The summed E-state index contributed by atoms with van der Waals surface area (Å²) in [5.41, 5.74) is 2.84. The Balaban J connectivity index is 1.58. The fourth-order valence-corrected chi connectivity index (χ4v) is 2.80. The van der Waals surface area contributed by atoms with Crippen molar-refractivity contribution in [3.63, 3.8) is 0 Å². The van der Waals surface area contributed by atoms with E-state index in [0.29, 0.717) is 24.2 Å². The van der Waals surface area contributed by atoms with Gasteiger partial charge in [-0.05, 0) is 47.5 Å². The van der Waals surface area contributed by atoms with Crippen molar-refractivity contribution in [2.45, 2.75) is 13.1 Å². The molecule has 4 nitrogen and oxygen atoms in total. The molecule has 1 N–H and O–H groups in total. The Hall–Kier alpha value is -3.47. The second-order valence-electron chi connectivity index (χ2n) is 6.53. The predicted octanol–water partition coefficient (Wildman–Crippen LogP) is 4.03. The molecule has 142 valence electrons. The first-order valence-corrected chi connectivity index (χ1v) is 8.95. The van der Waals surface area contributed by atoms with Gasteiger partial charge in [0.2, 0.25) is 0 Å². The maximum atomic E-state index is 12.9. The van der Waals surface area contributed by atoms with E-state index in [1.165, 1.54) is 12.1 Å². The topological polar surface area (TPSA) is 49.4 Å². The van der Waals surface area contributed by atoms with Crippen molar-refractivity contribution in [3.8, 4) is 0 Å². The summed E-state index contributed by atoms with van der Waals surface area (Å²) >= 11 is 0. The highest BCUT2D eigenvalue weighted by molar-refractivity contribution is 5.97. The Labute approximate surface area is 163 Å². The Morgan fingerprint density at radius 2 is 1.43 bits per heavy atom. The van der Waals surface area contributed by atoms with Crippen molar-refractivity contribution in [3.05, 3.63) is 107 Å². The lowest BCUT2D eigenvalue weighted by Gasteiger charge is -2.17. The summed E-state index contributed by atoms with van der Waals surface area (Å²) < 4.78 is 12.9. The molecule has 3 aromatic rings. The maximum absolute atomic E-state index is 12.9. The van der Waals surface area contributed by atoms with Crippen molar-refractivity contribution in [2.24, 2.45) is 0 Å². The van der Waals surface area contributed by atoms with Gasteiger partial charge in [0.1, 0.15) is 5.82 Å². The van der Waals surface area contributed by atoms with E-state index in [0.717, 1.165) is 11.1 Å². The molecule has 5 heteroatoms. The van der Waals surface area contributed by atoms with E-state index in [1.54, 1.807) is 48.3 Å². The summed E-state index contributed by atoms with van der Waals surface area (Å²) in [6.07, 6.45) is 0. The van der Waals surface area contributed by atoms with Crippen LogP contribution in [0, 0.1) is 5.82 Å². The highest BCUT2D eigenvalue weighted by Gasteiger charge is 2.13. The summed E-state index contributed by atoms with van der Waals surface area (Å²) in [6.45, 7) is 0.819. The molecule has 0 fully saturated rings. The van der Waals surface area contributed by atoms with Gasteiger partial charge in [0.05, 0.1) is 0 Å². The normalized spacial score (nSPS) is 10.4. The molecule has 3 rings (SSSR count). The van der Waals surface area contributed by atoms with Crippen LogP contribution in [0.3, 0.4) is 0 Å². The molecule has 0 aliphatic carbocycles. The number of nitrogens with one attached hydrogen (secondary N) is 1. The van der Waals surface area contributed by atoms with E-state index >= 15 is 0 Å². The number of nitrogens with zero attached hydrogens (tertiary/aromatic N) is 1. The van der Waals surface area contributed by atoms with Crippen LogP contribution in [-0.2, 0) is 13.1 Å². The van der Waals surface area contributed by atoms with Crippen LogP contribution in [-0.4, -0.2) is 23.8 Å². The standard InChI is InChI=1S/C23H21FN2O2/c1-26(16-18-5-3-2-4-6-18)23(28)20-11-9-19(10-12-20)22(27)25-15-17-7-13-21(24)14-8-17/h2-14H,15-16H2,1H3,(H,25,27). The summed E-state index contributed by atoms with van der Waals surface area (Å²) in [6, 6.07) is 22.3. The van der Waals surface area contributed by atoms with Gasteiger partial charge in [0.15, 0.2) is 0 Å². The fourth-order valence-electron chi connectivity index (χ4n) is 2.80. The number of amides is 2. The molecule has 28 heavy (non-hydrogen) atoms. The van der Waals surface area contributed by atoms with Gasteiger partial charge in [-0.15, -0.1) is 0 Å².